The lowest BCUT2D eigenvalue weighted by Gasteiger charge is -2.32. The van der Waals surface area contributed by atoms with Crippen LogP contribution in [-0.4, -0.2) is 142 Å². The maximum absolute atomic E-state index is 12.4. The molecule has 0 saturated carbocycles. The fourth-order valence-corrected chi connectivity index (χ4v) is 8.70. The lowest BCUT2D eigenvalue weighted by atomic mass is 9.80. The van der Waals surface area contributed by atoms with Crippen molar-refractivity contribution >= 4 is 62.9 Å². The summed E-state index contributed by atoms with van der Waals surface area (Å²) in [6.07, 6.45) is 13.2. The molecule has 0 unspecified atom stereocenters. The summed E-state index contributed by atoms with van der Waals surface area (Å²) in [6, 6.07) is 15.6. The average Bonchev–Trinajstić information content (AvgIpc) is 4.30. The number of hydrogen-bond donors (Lipinski definition) is 2. The first kappa shape index (κ1) is 60.3. The number of nitriles is 2. The number of carbonyl (C=O) groups is 2. The van der Waals surface area contributed by atoms with Gasteiger partial charge in [0.25, 0.3) is 0 Å². The van der Waals surface area contributed by atoms with Crippen molar-refractivity contribution in [1.29, 1.82) is 10.5 Å². The Kier molecular flexibility index (Phi) is 17.6. The van der Waals surface area contributed by atoms with E-state index in [0.717, 1.165) is 43.6 Å². The van der Waals surface area contributed by atoms with Crippen LogP contribution < -0.4 is 14.9 Å². The highest BCUT2D eigenvalue weighted by molar-refractivity contribution is 9.10. The van der Waals surface area contributed by atoms with Gasteiger partial charge in [-0.15, -0.1) is 0 Å². The predicted molar refractivity (Wildman–Crippen MR) is 306 cm³/mol. The molecule has 0 aromatic carbocycles. The molecule has 2 amide bonds. The van der Waals surface area contributed by atoms with E-state index in [1.54, 1.807) is 77.4 Å². The zero-order chi connectivity index (χ0) is 58.8. The molecule has 0 spiro atoms. The first-order chi connectivity index (χ1) is 37.2. The number of aromatic nitrogens is 6. The van der Waals surface area contributed by atoms with Gasteiger partial charge >= 0.3 is 19.3 Å². The Balaban J connectivity index is 0.000000183. The summed E-state index contributed by atoms with van der Waals surface area (Å²) in [5, 5.41) is 46.5. The van der Waals surface area contributed by atoms with Gasteiger partial charge in [0.1, 0.15) is 48.1 Å². The molecule has 1 saturated heterocycles. The van der Waals surface area contributed by atoms with Crippen molar-refractivity contribution in [3.05, 3.63) is 113 Å². The van der Waals surface area contributed by atoms with Crippen LogP contribution >= 0.6 is 15.9 Å². The number of ether oxygens (including phenoxy) is 4. The lowest BCUT2D eigenvalue weighted by Crippen LogP contribution is -2.41. The molecule has 1 fully saturated rings. The molecule has 9 rings (SSSR count). The summed E-state index contributed by atoms with van der Waals surface area (Å²) in [5.74, 6) is 1.09. The van der Waals surface area contributed by atoms with Crippen LogP contribution in [0.5, 0.6) is 11.5 Å². The van der Waals surface area contributed by atoms with Crippen molar-refractivity contribution in [3.63, 3.8) is 0 Å². The van der Waals surface area contributed by atoms with E-state index in [-0.39, 0.29) is 36.6 Å². The number of hydrogen-bond acceptors (Lipinski definition) is 16. The van der Waals surface area contributed by atoms with Crippen molar-refractivity contribution in [3.8, 4) is 34.8 Å². The number of carbonyl (C=O) groups excluding carboxylic acids is 2. The molecule has 0 bridgehead atoms. The van der Waals surface area contributed by atoms with Crippen molar-refractivity contribution in [2.45, 2.75) is 131 Å². The summed E-state index contributed by atoms with van der Waals surface area (Å²) in [5.41, 5.74) is 4.56. The van der Waals surface area contributed by atoms with E-state index in [1.807, 2.05) is 112 Å². The fraction of sp³-hybridized carbons (Fsp3) is 0.448. The molecule has 0 aliphatic carbocycles. The molecule has 20 nitrogen and oxygen atoms in total. The van der Waals surface area contributed by atoms with Gasteiger partial charge in [0.05, 0.1) is 93.8 Å². The molecule has 80 heavy (non-hydrogen) atoms. The van der Waals surface area contributed by atoms with Crippen LogP contribution in [-0.2, 0) is 18.8 Å². The van der Waals surface area contributed by atoms with Gasteiger partial charge in [-0.25, -0.2) is 18.6 Å². The van der Waals surface area contributed by atoms with Gasteiger partial charge in [0.15, 0.2) is 0 Å². The molecule has 422 valence electrons. The SMILES string of the molecule is CC(C)(C)OC(=O)N1CC=C(c2ccc(B3OC(C)(C)C(C)(C)O3)cn2)C1.CC(C)(O)COc1cc(-c2ccc(C3=CCN(C(=O)OC(C)(C)C)C3)nc2)c2c(C#N)cnn2c1.CC(C)(O)COc1cc(Br)c2c(C#N)cnn2c1. The van der Waals surface area contributed by atoms with E-state index in [9.17, 15) is 25.1 Å². The second-order valence-corrected chi connectivity index (χ2v) is 24.8. The normalized spacial score (nSPS) is 16.0. The van der Waals surface area contributed by atoms with E-state index in [2.05, 4.69) is 48.2 Å². The van der Waals surface area contributed by atoms with Crippen molar-refractivity contribution in [2.24, 2.45) is 0 Å². The number of rotatable bonds is 10. The van der Waals surface area contributed by atoms with E-state index in [1.165, 1.54) is 12.4 Å². The van der Waals surface area contributed by atoms with Crippen molar-refractivity contribution < 1.29 is 48.1 Å². The number of halogens is 1. The van der Waals surface area contributed by atoms with Gasteiger partial charge in [-0.1, -0.05) is 24.3 Å². The molecule has 3 aliphatic heterocycles. The van der Waals surface area contributed by atoms with Crippen LogP contribution in [0.4, 0.5) is 9.59 Å². The minimum Gasteiger partial charge on any atom is -0.489 e. The van der Waals surface area contributed by atoms with Crippen molar-refractivity contribution in [2.75, 3.05) is 39.4 Å². The monoisotopic (exact) mass is 1160 g/mol. The number of pyridine rings is 4. The molecule has 0 atom stereocenters. The minimum absolute atomic E-state index is 0.101. The van der Waals surface area contributed by atoms with Gasteiger partial charge in [-0.3, -0.25) is 9.97 Å². The Morgan fingerprint density at radius 3 is 1.55 bits per heavy atom. The van der Waals surface area contributed by atoms with Crippen LogP contribution in [0, 0.1) is 22.7 Å². The van der Waals surface area contributed by atoms with Crippen LogP contribution in [0.2, 0.25) is 0 Å². The molecule has 9 heterocycles. The Morgan fingerprint density at radius 2 is 1.12 bits per heavy atom. The molecule has 6 aromatic heterocycles. The average molecular weight is 1160 g/mol. The number of fused-ring (bicyclic) bond motifs is 2. The molecule has 0 radical (unpaired) electrons. The molecule has 6 aromatic rings. The van der Waals surface area contributed by atoms with Crippen LogP contribution in [0.1, 0.15) is 119 Å². The third-order valence-corrected chi connectivity index (χ3v) is 13.3. The van der Waals surface area contributed by atoms with Gasteiger partial charge in [-0.2, -0.15) is 20.7 Å². The third kappa shape index (κ3) is 15.3. The Labute approximate surface area is 475 Å². The lowest BCUT2D eigenvalue weighted by molar-refractivity contribution is 0.00578. The van der Waals surface area contributed by atoms with Gasteiger partial charge in [-0.05, 0) is 148 Å². The van der Waals surface area contributed by atoms with E-state index >= 15 is 0 Å². The van der Waals surface area contributed by atoms with Crippen LogP contribution in [0.25, 0.3) is 33.3 Å². The van der Waals surface area contributed by atoms with Gasteiger partial charge in [0.2, 0.25) is 0 Å². The van der Waals surface area contributed by atoms with Crippen LogP contribution in [0.15, 0.2) is 90.2 Å². The van der Waals surface area contributed by atoms with E-state index in [4.69, 9.17) is 33.5 Å². The number of aliphatic hydroxyl groups is 2. The number of amides is 2. The largest absolute Gasteiger partial charge is 0.496 e. The topological polar surface area (TPSA) is 244 Å². The Morgan fingerprint density at radius 1 is 0.675 bits per heavy atom. The standard InChI is InChI=1S/C26H29N5O4.C20H29BN2O4.C12H12BrN3O2/c1-25(2,3)35-24(32)30-9-8-18(14-30)22-7-6-17(12-28-22)21-10-20(34-16-26(4,5)33)15-31-23(21)19(11-27)13-29-31;1-18(2,3)25-17(24)23-11-10-14(13-23)16-9-8-15(12-22-16)21-26-19(4,5)20(6,7)27-21;1-12(2,17)7-18-9-3-10(13)11-8(4-14)5-15-16(11)6-9/h6-8,10,12-13,15,33H,9,14,16H2,1-5H3;8-10,12H,11,13H2,1-7H3;3,5-6,17H,7H2,1-2H3. The smallest absolute Gasteiger partial charge is 0.489 e. The fourth-order valence-electron chi connectivity index (χ4n) is 8.08. The van der Waals surface area contributed by atoms with Crippen LogP contribution in [0.3, 0.4) is 0 Å². The molecule has 2 N–H and O–H groups in total. The molecule has 3 aliphatic rings. The number of nitrogens with zero attached hydrogens (tertiary/aromatic N) is 10. The Bertz CT molecular complexity index is 3370. The van der Waals surface area contributed by atoms with E-state index < -0.39 is 29.5 Å². The Hall–Kier alpha value is -7.34. The van der Waals surface area contributed by atoms with Crippen molar-refractivity contribution in [1.82, 2.24) is 39.0 Å². The molecular weight excluding hydrogens is 1090 g/mol. The third-order valence-electron chi connectivity index (χ3n) is 12.7. The van der Waals surface area contributed by atoms with E-state index in [0.29, 0.717) is 59.8 Å². The predicted octanol–water partition coefficient (Wildman–Crippen LogP) is 9.18. The zero-order valence-corrected chi connectivity index (χ0v) is 49.5. The van der Waals surface area contributed by atoms with Gasteiger partial charge < -0.3 is 48.3 Å². The maximum atomic E-state index is 12.4. The first-order valence-corrected chi connectivity index (χ1v) is 26.8. The summed E-state index contributed by atoms with van der Waals surface area (Å²) in [4.78, 5) is 37.1. The first-order valence-electron chi connectivity index (χ1n) is 26.0. The zero-order valence-electron chi connectivity index (χ0n) is 47.9. The summed E-state index contributed by atoms with van der Waals surface area (Å²) in [6.45, 7) is 28.1. The molecule has 22 heteroatoms. The quantitative estimate of drug-likeness (QED) is 0.121. The maximum Gasteiger partial charge on any atom is 0.496 e. The van der Waals surface area contributed by atoms with Gasteiger partial charge in [0, 0.05) is 46.5 Å². The summed E-state index contributed by atoms with van der Waals surface area (Å²) in [7, 11) is -0.424. The second kappa shape index (κ2) is 23.4. The summed E-state index contributed by atoms with van der Waals surface area (Å²) >= 11 is 3.38. The highest BCUT2D eigenvalue weighted by atomic mass is 79.9. The highest BCUT2D eigenvalue weighted by Gasteiger charge is 2.52. The highest BCUT2D eigenvalue weighted by Crippen LogP contribution is 2.37. The molecular formula is C58H70BBrN10O10. The minimum atomic E-state index is -0.998. The second-order valence-electron chi connectivity index (χ2n) is 23.9. The summed E-state index contributed by atoms with van der Waals surface area (Å²) < 4.78 is 38.2.